The third-order valence-electron chi connectivity index (χ3n) is 3.84. The Morgan fingerprint density at radius 1 is 1.19 bits per heavy atom. The molecule has 3 rings (SSSR count). The van der Waals surface area contributed by atoms with E-state index in [2.05, 4.69) is 34.7 Å². The van der Waals surface area contributed by atoms with Gasteiger partial charge in [-0.25, -0.2) is 4.98 Å². The van der Waals surface area contributed by atoms with Crippen molar-refractivity contribution in [2.75, 3.05) is 11.9 Å². The molecular weight excluding hydrogens is 350 g/mol. The summed E-state index contributed by atoms with van der Waals surface area (Å²) in [5.74, 6) is -0.234. The van der Waals surface area contributed by atoms with E-state index in [1.54, 1.807) is 17.5 Å². The lowest BCUT2D eigenvalue weighted by Gasteiger charge is -2.06. The van der Waals surface area contributed by atoms with Gasteiger partial charge in [0.15, 0.2) is 10.9 Å². The van der Waals surface area contributed by atoms with Crippen molar-refractivity contribution < 1.29 is 14.0 Å². The van der Waals surface area contributed by atoms with Gasteiger partial charge < -0.3 is 9.73 Å². The van der Waals surface area contributed by atoms with Crippen LogP contribution >= 0.6 is 11.3 Å². The first kappa shape index (κ1) is 17.9. The number of furan rings is 1. The summed E-state index contributed by atoms with van der Waals surface area (Å²) >= 11 is 1.28. The number of benzene rings is 1. The molecule has 0 aliphatic heterocycles. The lowest BCUT2D eigenvalue weighted by Crippen LogP contribution is -2.27. The van der Waals surface area contributed by atoms with Gasteiger partial charge in [-0.2, -0.15) is 0 Å². The number of hydrogen-bond donors (Lipinski definition) is 2. The van der Waals surface area contributed by atoms with Crippen molar-refractivity contribution in [3.63, 3.8) is 0 Å². The number of hydrogen-bond acceptors (Lipinski definition) is 5. The first-order valence-electron chi connectivity index (χ1n) is 8.22. The van der Waals surface area contributed by atoms with E-state index in [1.807, 2.05) is 12.1 Å². The number of anilines is 1. The monoisotopic (exact) mass is 369 g/mol. The minimum Gasteiger partial charge on any atom is -0.459 e. The fraction of sp³-hybridized carbons (Fsp3) is 0.211. The predicted octanol–water partition coefficient (Wildman–Crippen LogP) is 3.20. The first-order valence-corrected chi connectivity index (χ1v) is 9.10. The normalized spacial score (nSPS) is 10.5. The highest BCUT2D eigenvalue weighted by Crippen LogP contribution is 2.17. The average Bonchev–Trinajstić information content (AvgIpc) is 3.29. The molecule has 0 saturated heterocycles. The summed E-state index contributed by atoms with van der Waals surface area (Å²) < 4.78 is 5.03. The molecule has 0 saturated carbocycles. The van der Waals surface area contributed by atoms with Gasteiger partial charge in [0.05, 0.1) is 18.4 Å². The second-order valence-corrected chi connectivity index (χ2v) is 6.64. The smallest absolute Gasteiger partial charge is 0.293 e. The summed E-state index contributed by atoms with van der Waals surface area (Å²) in [6.45, 7) is 2.64. The molecule has 2 heterocycles. The number of carbonyl (C=O) groups is 2. The molecule has 6 nitrogen and oxygen atoms in total. The van der Waals surface area contributed by atoms with Crippen LogP contribution in [-0.2, 0) is 17.6 Å². The van der Waals surface area contributed by atoms with E-state index < -0.39 is 0 Å². The molecule has 3 aromatic rings. The highest BCUT2D eigenvalue weighted by Gasteiger charge is 2.12. The Morgan fingerprint density at radius 3 is 2.81 bits per heavy atom. The fourth-order valence-electron chi connectivity index (χ4n) is 2.47. The second-order valence-electron chi connectivity index (χ2n) is 5.78. The van der Waals surface area contributed by atoms with E-state index in [1.165, 1.54) is 28.7 Å². The maximum atomic E-state index is 12.1. The predicted molar refractivity (Wildman–Crippen MR) is 100 cm³/mol. The average molecular weight is 369 g/mol. The van der Waals surface area contributed by atoms with E-state index in [-0.39, 0.29) is 24.0 Å². The topological polar surface area (TPSA) is 84.2 Å². The number of amides is 2. The number of aromatic nitrogens is 1. The van der Waals surface area contributed by atoms with Gasteiger partial charge in [0.25, 0.3) is 5.91 Å². The number of thiazole rings is 1. The molecule has 0 radical (unpaired) electrons. The summed E-state index contributed by atoms with van der Waals surface area (Å²) in [6, 6.07) is 11.3. The van der Waals surface area contributed by atoms with Crippen LogP contribution in [0.2, 0.25) is 0 Å². The largest absolute Gasteiger partial charge is 0.459 e. The molecule has 0 fully saturated rings. The zero-order chi connectivity index (χ0) is 18.4. The van der Waals surface area contributed by atoms with Gasteiger partial charge in [0.1, 0.15) is 0 Å². The maximum absolute atomic E-state index is 12.1. The van der Waals surface area contributed by atoms with Crippen LogP contribution in [0.15, 0.2) is 52.5 Å². The summed E-state index contributed by atoms with van der Waals surface area (Å²) in [5, 5.41) is 7.76. The van der Waals surface area contributed by atoms with Crippen LogP contribution in [0.5, 0.6) is 0 Å². The molecule has 0 spiro atoms. The van der Waals surface area contributed by atoms with Crippen LogP contribution in [-0.4, -0.2) is 23.3 Å². The van der Waals surface area contributed by atoms with Crippen molar-refractivity contribution in [2.45, 2.75) is 19.8 Å². The van der Waals surface area contributed by atoms with Crippen molar-refractivity contribution >= 4 is 28.3 Å². The Kier molecular flexibility index (Phi) is 5.80. The van der Waals surface area contributed by atoms with Crippen LogP contribution in [0.4, 0.5) is 5.13 Å². The van der Waals surface area contributed by atoms with Crippen LogP contribution in [0, 0.1) is 6.92 Å². The number of nitrogens with zero attached hydrogens (tertiary/aromatic N) is 1. The van der Waals surface area contributed by atoms with E-state index in [0.29, 0.717) is 17.4 Å². The van der Waals surface area contributed by atoms with Gasteiger partial charge in [-0.15, -0.1) is 11.3 Å². The Morgan fingerprint density at radius 2 is 2.04 bits per heavy atom. The molecule has 1 aromatic carbocycles. The summed E-state index contributed by atoms with van der Waals surface area (Å²) in [6.07, 6.45) is 2.41. The third kappa shape index (κ3) is 4.80. The Labute approximate surface area is 155 Å². The van der Waals surface area contributed by atoms with Crippen molar-refractivity contribution in [1.29, 1.82) is 0 Å². The van der Waals surface area contributed by atoms with Crippen molar-refractivity contribution in [3.8, 4) is 0 Å². The third-order valence-corrected chi connectivity index (χ3v) is 4.64. The molecule has 26 heavy (non-hydrogen) atoms. The summed E-state index contributed by atoms with van der Waals surface area (Å²) in [7, 11) is 0. The molecule has 0 bridgehead atoms. The summed E-state index contributed by atoms with van der Waals surface area (Å²) in [5.41, 5.74) is 3.07. The highest BCUT2D eigenvalue weighted by molar-refractivity contribution is 7.14. The number of nitrogens with one attached hydrogen (secondary N) is 2. The minimum absolute atomic E-state index is 0.0900. The van der Waals surface area contributed by atoms with E-state index in [0.717, 1.165) is 6.42 Å². The van der Waals surface area contributed by atoms with Gasteiger partial charge >= 0.3 is 0 Å². The molecule has 0 aliphatic rings. The molecule has 2 aromatic heterocycles. The molecule has 7 heteroatoms. The molecule has 0 atom stereocenters. The first-order chi connectivity index (χ1) is 12.6. The molecule has 2 amide bonds. The fourth-order valence-corrected chi connectivity index (χ4v) is 3.17. The van der Waals surface area contributed by atoms with Gasteiger partial charge in [-0.3, -0.25) is 14.9 Å². The zero-order valence-corrected chi connectivity index (χ0v) is 15.1. The lowest BCUT2D eigenvalue weighted by molar-refractivity contribution is -0.120. The van der Waals surface area contributed by atoms with Crippen molar-refractivity contribution in [1.82, 2.24) is 10.3 Å². The van der Waals surface area contributed by atoms with Crippen molar-refractivity contribution in [3.05, 3.63) is 70.6 Å². The van der Waals surface area contributed by atoms with Crippen LogP contribution in [0.3, 0.4) is 0 Å². The standard InChI is InChI=1S/C19H19N3O3S/c1-13-5-2-3-6-14(13)8-9-20-17(23)11-15-12-26-19(21-15)22-18(24)16-7-4-10-25-16/h2-7,10,12H,8-9,11H2,1H3,(H,20,23)(H,21,22,24). The molecule has 0 aliphatic carbocycles. The molecular formula is C19H19N3O3S. The molecule has 2 N–H and O–H groups in total. The van der Waals surface area contributed by atoms with Crippen molar-refractivity contribution in [2.24, 2.45) is 0 Å². The van der Waals surface area contributed by atoms with Crippen LogP contribution in [0.25, 0.3) is 0 Å². The summed E-state index contributed by atoms with van der Waals surface area (Å²) in [4.78, 5) is 28.2. The second kappa shape index (κ2) is 8.44. The Bertz CT molecular complexity index is 887. The van der Waals surface area contributed by atoms with E-state index >= 15 is 0 Å². The Balaban J connectivity index is 1.45. The molecule has 134 valence electrons. The van der Waals surface area contributed by atoms with Gasteiger partial charge in [-0.05, 0) is 36.6 Å². The van der Waals surface area contributed by atoms with Crippen LogP contribution < -0.4 is 10.6 Å². The lowest BCUT2D eigenvalue weighted by atomic mass is 10.1. The number of aryl methyl sites for hydroxylation is 1. The van der Waals surface area contributed by atoms with Gasteiger partial charge in [0, 0.05) is 11.9 Å². The minimum atomic E-state index is -0.362. The maximum Gasteiger partial charge on any atom is 0.293 e. The van der Waals surface area contributed by atoms with Gasteiger partial charge in [-0.1, -0.05) is 24.3 Å². The zero-order valence-electron chi connectivity index (χ0n) is 14.3. The number of rotatable bonds is 7. The number of carbonyl (C=O) groups excluding carboxylic acids is 2. The van der Waals surface area contributed by atoms with E-state index in [4.69, 9.17) is 4.42 Å². The van der Waals surface area contributed by atoms with Crippen LogP contribution in [0.1, 0.15) is 27.4 Å². The SMILES string of the molecule is Cc1ccccc1CCNC(=O)Cc1csc(NC(=O)c2ccco2)n1. The molecule has 0 unspecified atom stereocenters. The quantitative estimate of drug-likeness (QED) is 0.670. The van der Waals surface area contributed by atoms with E-state index in [9.17, 15) is 9.59 Å². The van der Waals surface area contributed by atoms with Gasteiger partial charge in [0.2, 0.25) is 5.91 Å². The Hall–Kier alpha value is -2.93. The highest BCUT2D eigenvalue weighted by atomic mass is 32.1.